The van der Waals surface area contributed by atoms with Crippen molar-refractivity contribution in [2.75, 3.05) is 30.8 Å². The summed E-state index contributed by atoms with van der Waals surface area (Å²) in [6, 6.07) is 4.11. The van der Waals surface area contributed by atoms with E-state index >= 15 is 0 Å². The number of ether oxygens (including phenoxy) is 1. The number of benzene rings is 1. The standard InChI is InChI=1S/C19H22BrN5O2/c1-19(2)6-12-11(15-14(19)17(21)24-9-23-15)4-5-13(20)16(12)25(3)8-10-7-22-18(26)27-10/h4-5,9-10H,6-8H2,1-3H3,(H,22,26)(H2,21,23,24). The van der Waals surface area contributed by atoms with Crippen LogP contribution in [0.25, 0.3) is 11.3 Å². The summed E-state index contributed by atoms with van der Waals surface area (Å²) in [4.78, 5) is 22.2. The molecule has 1 saturated heterocycles. The summed E-state index contributed by atoms with van der Waals surface area (Å²) in [5.74, 6) is 0.539. The van der Waals surface area contributed by atoms with Gasteiger partial charge in [-0.2, -0.15) is 0 Å². The molecule has 2 aliphatic rings. The molecule has 1 amide bonds. The fourth-order valence-electron chi connectivity index (χ4n) is 4.15. The minimum atomic E-state index is -0.357. The van der Waals surface area contributed by atoms with Crippen molar-refractivity contribution < 1.29 is 9.53 Å². The SMILES string of the molecule is CN(CC1CNC(=O)O1)c1c(Br)ccc2c1CC(C)(C)c1c(N)ncnc1-2. The zero-order valence-electron chi connectivity index (χ0n) is 15.5. The molecule has 3 N–H and O–H groups in total. The normalized spacial score (nSPS) is 19.7. The molecule has 1 aliphatic heterocycles. The Balaban J connectivity index is 1.80. The maximum Gasteiger partial charge on any atom is 0.407 e. The number of anilines is 2. The average Bonchev–Trinajstić information content (AvgIpc) is 2.98. The lowest BCUT2D eigenvalue weighted by molar-refractivity contribution is 0.143. The van der Waals surface area contributed by atoms with E-state index in [1.165, 1.54) is 11.9 Å². The summed E-state index contributed by atoms with van der Waals surface area (Å²) in [5.41, 5.74) is 11.3. The molecule has 142 valence electrons. The molecule has 1 atom stereocenters. The summed E-state index contributed by atoms with van der Waals surface area (Å²) >= 11 is 3.71. The Morgan fingerprint density at radius 2 is 2.19 bits per heavy atom. The lowest BCUT2D eigenvalue weighted by Crippen LogP contribution is -2.34. The fourth-order valence-corrected chi connectivity index (χ4v) is 4.83. The molecule has 0 bridgehead atoms. The smallest absolute Gasteiger partial charge is 0.407 e. The van der Waals surface area contributed by atoms with E-state index in [-0.39, 0.29) is 17.6 Å². The van der Waals surface area contributed by atoms with Crippen molar-refractivity contribution in [3.05, 3.63) is 34.1 Å². The highest BCUT2D eigenvalue weighted by molar-refractivity contribution is 9.10. The van der Waals surface area contributed by atoms with Gasteiger partial charge in [-0.1, -0.05) is 19.9 Å². The van der Waals surface area contributed by atoms with Gasteiger partial charge in [0.05, 0.1) is 24.5 Å². The lowest BCUT2D eigenvalue weighted by Gasteiger charge is -2.37. The summed E-state index contributed by atoms with van der Waals surface area (Å²) in [6.45, 7) is 5.46. The molecule has 1 aromatic carbocycles. The number of amides is 1. The Kier molecular flexibility index (Phi) is 4.25. The third kappa shape index (κ3) is 3.01. The highest BCUT2D eigenvalue weighted by Crippen LogP contribution is 2.48. The average molecular weight is 432 g/mol. The van der Waals surface area contributed by atoms with Crippen LogP contribution in [-0.2, 0) is 16.6 Å². The summed E-state index contributed by atoms with van der Waals surface area (Å²) < 4.78 is 6.31. The highest BCUT2D eigenvalue weighted by atomic mass is 79.9. The molecule has 1 unspecified atom stereocenters. The summed E-state index contributed by atoms with van der Waals surface area (Å²) in [5, 5.41) is 2.71. The predicted molar refractivity (Wildman–Crippen MR) is 108 cm³/mol. The van der Waals surface area contributed by atoms with Crippen LogP contribution in [0.5, 0.6) is 0 Å². The van der Waals surface area contributed by atoms with E-state index in [0.717, 1.165) is 33.4 Å². The molecule has 27 heavy (non-hydrogen) atoms. The van der Waals surface area contributed by atoms with Crippen molar-refractivity contribution in [3.8, 4) is 11.3 Å². The van der Waals surface area contributed by atoms with Crippen LogP contribution in [0.3, 0.4) is 0 Å². The number of hydrogen-bond acceptors (Lipinski definition) is 6. The number of nitrogens with two attached hydrogens (primary N) is 1. The van der Waals surface area contributed by atoms with Crippen molar-refractivity contribution in [3.63, 3.8) is 0 Å². The second-order valence-corrected chi connectivity index (χ2v) is 8.61. The van der Waals surface area contributed by atoms with Crippen LogP contribution >= 0.6 is 15.9 Å². The van der Waals surface area contributed by atoms with E-state index in [9.17, 15) is 4.79 Å². The van der Waals surface area contributed by atoms with E-state index < -0.39 is 0 Å². The van der Waals surface area contributed by atoms with Crippen LogP contribution in [0.2, 0.25) is 0 Å². The van der Waals surface area contributed by atoms with E-state index in [0.29, 0.717) is 18.9 Å². The quantitative estimate of drug-likeness (QED) is 0.775. The number of hydrogen-bond donors (Lipinski definition) is 2. The number of carbonyl (C=O) groups excluding carboxylic acids is 1. The maximum absolute atomic E-state index is 11.3. The molecular formula is C19H22BrN5O2. The number of nitrogens with one attached hydrogen (secondary N) is 1. The van der Waals surface area contributed by atoms with Gasteiger partial charge in [0, 0.05) is 22.6 Å². The van der Waals surface area contributed by atoms with Gasteiger partial charge in [0.25, 0.3) is 0 Å². The van der Waals surface area contributed by atoms with E-state index in [2.05, 4.69) is 56.0 Å². The van der Waals surface area contributed by atoms with Crippen LogP contribution in [0.4, 0.5) is 16.3 Å². The van der Waals surface area contributed by atoms with Crippen molar-refractivity contribution in [1.29, 1.82) is 0 Å². The molecule has 0 spiro atoms. The Labute approximate surface area is 166 Å². The first-order chi connectivity index (χ1) is 12.8. The Bertz CT molecular complexity index is 931. The van der Waals surface area contributed by atoms with Gasteiger partial charge in [-0.05, 0) is 39.4 Å². The predicted octanol–water partition coefficient (Wildman–Crippen LogP) is 2.87. The van der Waals surface area contributed by atoms with Crippen LogP contribution in [0.15, 0.2) is 22.9 Å². The van der Waals surface area contributed by atoms with Gasteiger partial charge in [0.15, 0.2) is 0 Å². The highest BCUT2D eigenvalue weighted by Gasteiger charge is 2.37. The van der Waals surface area contributed by atoms with Crippen molar-refractivity contribution in [2.45, 2.75) is 31.8 Å². The first-order valence-corrected chi connectivity index (χ1v) is 9.65. The summed E-state index contributed by atoms with van der Waals surface area (Å²) in [7, 11) is 2.02. The zero-order valence-corrected chi connectivity index (χ0v) is 17.1. The Hall–Kier alpha value is -2.35. The largest absolute Gasteiger partial charge is 0.442 e. The third-order valence-electron chi connectivity index (χ3n) is 5.27. The number of fused-ring (bicyclic) bond motifs is 3. The number of alkyl carbamates (subject to hydrolysis) is 1. The molecule has 4 rings (SSSR count). The molecule has 0 radical (unpaired) electrons. The fraction of sp³-hybridized carbons (Fsp3) is 0.421. The van der Waals surface area contributed by atoms with Crippen LogP contribution < -0.4 is 16.0 Å². The van der Waals surface area contributed by atoms with Gasteiger partial charge < -0.3 is 20.7 Å². The van der Waals surface area contributed by atoms with Crippen molar-refractivity contribution in [2.24, 2.45) is 0 Å². The molecule has 2 aromatic rings. The van der Waals surface area contributed by atoms with Crippen LogP contribution in [0.1, 0.15) is 25.0 Å². The van der Waals surface area contributed by atoms with Gasteiger partial charge >= 0.3 is 6.09 Å². The topological polar surface area (TPSA) is 93.4 Å². The monoisotopic (exact) mass is 431 g/mol. The van der Waals surface area contributed by atoms with Crippen LogP contribution in [0, 0.1) is 0 Å². The molecular weight excluding hydrogens is 410 g/mol. The Morgan fingerprint density at radius 3 is 2.89 bits per heavy atom. The minimum absolute atomic E-state index is 0.174. The molecule has 0 saturated carbocycles. The van der Waals surface area contributed by atoms with Crippen molar-refractivity contribution in [1.82, 2.24) is 15.3 Å². The number of carbonyl (C=O) groups is 1. The second-order valence-electron chi connectivity index (χ2n) is 7.75. The number of likely N-dealkylation sites (N-methyl/N-ethyl adjacent to an activating group) is 1. The molecule has 1 aromatic heterocycles. The molecule has 1 aliphatic carbocycles. The van der Waals surface area contributed by atoms with E-state index in [4.69, 9.17) is 10.5 Å². The first-order valence-electron chi connectivity index (χ1n) is 8.86. The number of aromatic nitrogens is 2. The van der Waals surface area contributed by atoms with Gasteiger partial charge in [-0.3, -0.25) is 0 Å². The molecule has 8 heteroatoms. The first kappa shape index (κ1) is 18.0. The van der Waals surface area contributed by atoms with E-state index in [1.807, 2.05) is 13.1 Å². The van der Waals surface area contributed by atoms with E-state index in [1.54, 1.807) is 0 Å². The minimum Gasteiger partial charge on any atom is -0.442 e. The molecule has 1 fully saturated rings. The number of cyclic esters (lactones) is 1. The van der Waals surface area contributed by atoms with Crippen LogP contribution in [-0.4, -0.2) is 42.3 Å². The number of nitrogen functional groups attached to an aromatic ring is 1. The maximum atomic E-state index is 11.3. The number of rotatable bonds is 3. The van der Waals surface area contributed by atoms with Gasteiger partial charge in [0.2, 0.25) is 0 Å². The Morgan fingerprint density at radius 1 is 1.41 bits per heavy atom. The number of nitrogens with zero attached hydrogens (tertiary/aromatic N) is 3. The van der Waals surface area contributed by atoms with Gasteiger partial charge in [-0.15, -0.1) is 0 Å². The van der Waals surface area contributed by atoms with Gasteiger partial charge in [-0.25, -0.2) is 14.8 Å². The van der Waals surface area contributed by atoms with Gasteiger partial charge in [0.1, 0.15) is 18.2 Å². The third-order valence-corrected chi connectivity index (χ3v) is 5.91. The summed E-state index contributed by atoms with van der Waals surface area (Å²) in [6.07, 6.45) is 1.81. The lowest BCUT2D eigenvalue weighted by atomic mass is 9.71. The second kappa shape index (κ2) is 6.37. The molecule has 7 nitrogen and oxygen atoms in total. The molecule has 2 heterocycles. The number of halogens is 1. The van der Waals surface area contributed by atoms with Crippen molar-refractivity contribution >= 4 is 33.5 Å². The zero-order chi connectivity index (χ0) is 19.3.